The summed E-state index contributed by atoms with van der Waals surface area (Å²) >= 11 is 5.98. The summed E-state index contributed by atoms with van der Waals surface area (Å²) in [5.41, 5.74) is -0.216. The van der Waals surface area contributed by atoms with Crippen molar-refractivity contribution in [2.75, 3.05) is 5.88 Å². The molecule has 1 unspecified atom stereocenters. The van der Waals surface area contributed by atoms with Gasteiger partial charge in [-0.1, -0.05) is 27.2 Å². The van der Waals surface area contributed by atoms with E-state index in [2.05, 4.69) is 20.8 Å². The number of hydrogen-bond donors (Lipinski definition) is 2. The maximum atomic E-state index is 11.1. The molecular formula is C20H33ClO3. The number of ether oxygens (including phenoxy) is 1. The molecule has 7 atom stereocenters. The smallest absolute Gasteiger partial charge is 0.161 e. The van der Waals surface area contributed by atoms with Crippen LogP contribution in [0.3, 0.4) is 0 Å². The van der Waals surface area contributed by atoms with Gasteiger partial charge in [0.1, 0.15) is 0 Å². The van der Waals surface area contributed by atoms with E-state index >= 15 is 0 Å². The molecule has 0 radical (unpaired) electrons. The standard InChI is InChI=1S/C20H33ClO3/c1-17(2)7-4-8-20-13(17)6-10-19(24-16(20)23)12-18(3,15(22)11-21)9-5-14(19)20/h13-16,22-23H,4-12H2,1-3H3/t13-,14-,15?,16+,18-,19+,20+/m0/s1. The summed E-state index contributed by atoms with van der Waals surface area (Å²) in [6.45, 7) is 6.93. The SMILES string of the molecule is CC1(C)CCC[C@@]23[C@H](O)O[C@]4(CC[C@@H]12)C[C@@](C)(C(O)CCl)CC[C@@H]43. The Hall–Kier alpha value is 0.170. The Morgan fingerprint density at radius 2 is 1.79 bits per heavy atom. The Balaban J connectivity index is 1.72. The van der Waals surface area contributed by atoms with Gasteiger partial charge in [0, 0.05) is 11.3 Å². The fourth-order valence-corrected chi connectivity index (χ4v) is 7.87. The van der Waals surface area contributed by atoms with Crippen molar-refractivity contribution in [1.29, 1.82) is 0 Å². The van der Waals surface area contributed by atoms with Gasteiger partial charge in [-0.25, -0.2) is 0 Å². The van der Waals surface area contributed by atoms with Gasteiger partial charge in [-0.15, -0.1) is 11.6 Å². The zero-order chi connectivity index (χ0) is 17.4. The maximum absolute atomic E-state index is 11.1. The zero-order valence-electron chi connectivity index (χ0n) is 15.4. The molecule has 1 heterocycles. The van der Waals surface area contributed by atoms with E-state index in [1.165, 1.54) is 12.8 Å². The van der Waals surface area contributed by atoms with Crippen molar-refractivity contribution in [2.24, 2.45) is 28.1 Å². The van der Waals surface area contributed by atoms with Crippen LogP contribution in [0.4, 0.5) is 0 Å². The van der Waals surface area contributed by atoms with Crippen LogP contribution in [-0.2, 0) is 4.74 Å². The van der Waals surface area contributed by atoms with Crippen molar-refractivity contribution in [3.63, 3.8) is 0 Å². The maximum Gasteiger partial charge on any atom is 0.161 e. The van der Waals surface area contributed by atoms with E-state index in [4.69, 9.17) is 16.3 Å². The monoisotopic (exact) mass is 356 g/mol. The van der Waals surface area contributed by atoms with Crippen molar-refractivity contribution in [2.45, 2.75) is 90.1 Å². The fourth-order valence-electron chi connectivity index (χ4n) is 7.50. The minimum atomic E-state index is -0.634. The van der Waals surface area contributed by atoms with Gasteiger partial charge in [-0.3, -0.25) is 0 Å². The molecule has 3 aliphatic carbocycles. The minimum absolute atomic E-state index is 0.0623. The van der Waals surface area contributed by atoms with Crippen LogP contribution in [0.2, 0.25) is 0 Å². The minimum Gasteiger partial charge on any atom is -0.391 e. The first kappa shape index (κ1) is 17.6. The highest BCUT2D eigenvalue weighted by Crippen LogP contribution is 2.72. The second-order valence-corrected chi connectivity index (χ2v) is 10.5. The predicted molar refractivity (Wildman–Crippen MR) is 94.8 cm³/mol. The number of aliphatic hydroxyl groups is 2. The van der Waals surface area contributed by atoms with Crippen LogP contribution in [0.1, 0.15) is 72.1 Å². The van der Waals surface area contributed by atoms with Gasteiger partial charge in [-0.2, -0.15) is 0 Å². The van der Waals surface area contributed by atoms with Crippen molar-refractivity contribution in [3.05, 3.63) is 0 Å². The average Bonchev–Trinajstić information content (AvgIpc) is 2.66. The molecule has 4 heteroatoms. The van der Waals surface area contributed by atoms with Crippen molar-refractivity contribution in [3.8, 4) is 0 Å². The van der Waals surface area contributed by atoms with E-state index in [1.54, 1.807) is 0 Å². The third kappa shape index (κ3) is 2.08. The molecule has 4 fully saturated rings. The first-order valence-corrected chi connectivity index (χ1v) is 10.3. The summed E-state index contributed by atoms with van der Waals surface area (Å²) in [5, 5.41) is 21.6. The molecular weight excluding hydrogens is 324 g/mol. The Labute approximate surface area is 151 Å². The number of rotatable bonds is 2. The van der Waals surface area contributed by atoms with Crippen LogP contribution in [0.15, 0.2) is 0 Å². The Bertz CT molecular complexity index is 523. The van der Waals surface area contributed by atoms with Gasteiger partial charge >= 0.3 is 0 Å². The molecule has 0 aromatic carbocycles. The molecule has 2 bridgehead atoms. The molecule has 138 valence electrons. The molecule has 4 rings (SSSR count). The molecule has 2 N–H and O–H groups in total. The molecule has 3 saturated carbocycles. The highest BCUT2D eigenvalue weighted by atomic mass is 35.5. The normalized spacial score (nSPS) is 54.0. The number of aliphatic hydroxyl groups excluding tert-OH is 2. The Morgan fingerprint density at radius 1 is 1.08 bits per heavy atom. The third-order valence-corrected chi connectivity index (χ3v) is 8.92. The number of alkyl halides is 1. The van der Waals surface area contributed by atoms with Crippen molar-refractivity contribution in [1.82, 2.24) is 0 Å². The second kappa shape index (κ2) is 5.34. The largest absolute Gasteiger partial charge is 0.391 e. The predicted octanol–water partition coefficient (Wildman–Crippen LogP) is 4.09. The molecule has 1 aliphatic heterocycles. The van der Waals surface area contributed by atoms with Gasteiger partial charge in [-0.05, 0) is 67.6 Å². The van der Waals surface area contributed by atoms with Crippen LogP contribution < -0.4 is 0 Å². The Kier molecular flexibility index (Phi) is 3.91. The van der Waals surface area contributed by atoms with Crippen LogP contribution in [0.5, 0.6) is 0 Å². The van der Waals surface area contributed by atoms with Gasteiger partial charge in [0.05, 0.1) is 11.7 Å². The van der Waals surface area contributed by atoms with E-state index < -0.39 is 12.4 Å². The number of hydrogen-bond acceptors (Lipinski definition) is 3. The van der Waals surface area contributed by atoms with Crippen LogP contribution in [0.25, 0.3) is 0 Å². The highest BCUT2D eigenvalue weighted by Gasteiger charge is 2.72. The lowest BCUT2D eigenvalue weighted by Crippen LogP contribution is -2.60. The molecule has 1 saturated heterocycles. The quantitative estimate of drug-likeness (QED) is 0.733. The highest BCUT2D eigenvalue weighted by molar-refractivity contribution is 6.18. The molecule has 4 aliphatic rings. The Morgan fingerprint density at radius 3 is 2.50 bits per heavy atom. The lowest BCUT2D eigenvalue weighted by Gasteiger charge is -2.61. The van der Waals surface area contributed by atoms with Crippen molar-refractivity contribution < 1.29 is 14.9 Å². The summed E-state index contributed by atoms with van der Waals surface area (Å²) in [5.74, 6) is 1.27. The van der Waals surface area contributed by atoms with E-state index in [-0.39, 0.29) is 27.7 Å². The van der Waals surface area contributed by atoms with Gasteiger partial charge in [0.2, 0.25) is 0 Å². The van der Waals surface area contributed by atoms with Gasteiger partial charge < -0.3 is 14.9 Å². The summed E-state index contributed by atoms with van der Waals surface area (Å²) < 4.78 is 6.42. The second-order valence-electron chi connectivity index (χ2n) is 10.2. The van der Waals surface area contributed by atoms with Crippen LogP contribution in [-0.4, -0.2) is 34.1 Å². The summed E-state index contributed by atoms with van der Waals surface area (Å²) in [7, 11) is 0. The van der Waals surface area contributed by atoms with E-state index in [0.29, 0.717) is 11.8 Å². The lowest BCUT2D eigenvalue weighted by molar-refractivity contribution is -0.186. The molecule has 0 amide bonds. The van der Waals surface area contributed by atoms with Crippen LogP contribution in [0, 0.1) is 28.1 Å². The average molecular weight is 357 g/mol. The molecule has 1 spiro atoms. The van der Waals surface area contributed by atoms with E-state index in [0.717, 1.165) is 38.5 Å². The van der Waals surface area contributed by atoms with Crippen molar-refractivity contribution >= 4 is 11.6 Å². The van der Waals surface area contributed by atoms with Crippen LogP contribution >= 0.6 is 11.6 Å². The zero-order valence-corrected chi connectivity index (χ0v) is 16.1. The topological polar surface area (TPSA) is 49.7 Å². The molecule has 3 nitrogen and oxygen atoms in total. The lowest BCUT2D eigenvalue weighted by atomic mass is 9.42. The first-order valence-electron chi connectivity index (χ1n) is 9.80. The summed E-state index contributed by atoms with van der Waals surface area (Å²) in [6, 6.07) is 0. The van der Waals surface area contributed by atoms with E-state index in [9.17, 15) is 10.2 Å². The molecule has 24 heavy (non-hydrogen) atoms. The third-order valence-electron chi connectivity index (χ3n) is 8.63. The molecule has 0 aromatic heterocycles. The summed E-state index contributed by atoms with van der Waals surface area (Å²) in [6.07, 6.45) is 7.47. The molecule has 0 aromatic rings. The summed E-state index contributed by atoms with van der Waals surface area (Å²) in [4.78, 5) is 0. The van der Waals surface area contributed by atoms with Gasteiger partial charge in [0.15, 0.2) is 6.29 Å². The van der Waals surface area contributed by atoms with Gasteiger partial charge in [0.25, 0.3) is 0 Å². The number of halogens is 1. The fraction of sp³-hybridized carbons (Fsp3) is 1.00. The first-order chi connectivity index (χ1) is 11.2. The van der Waals surface area contributed by atoms with E-state index in [1.807, 2.05) is 0 Å².